The van der Waals surface area contributed by atoms with Crippen LogP contribution in [0, 0.1) is 16.7 Å². The van der Waals surface area contributed by atoms with Crippen LogP contribution in [0.2, 0.25) is 0 Å². The van der Waals surface area contributed by atoms with Gasteiger partial charge in [-0.05, 0) is 46.2 Å². The molecule has 18 heavy (non-hydrogen) atoms. The van der Waals surface area contributed by atoms with Crippen LogP contribution in [0.15, 0.2) is 0 Å². The molecule has 0 aromatic heterocycles. The molecule has 2 fully saturated rings. The summed E-state index contributed by atoms with van der Waals surface area (Å²) in [6.07, 6.45) is 4.18. The second-order valence-corrected chi connectivity index (χ2v) is 6.09. The SMILES string of the molecule is CC(C)(C#N)CCCN1CCCC2(C1)OCCO2. The zero-order valence-electron chi connectivity index (χ0n) is 11.6. The molecule has 102 valence electrons. The van der Waals surface area contributed by atoms with E-state index in [9.17, 15) is 0 Å². The fourth-order valence-electron chi connectivity index (χ4n) is 2.79. The van der Waals surface area contributed by atoms with Crippen LogP contribution < -0.4 is 0 Å². The smallest absolute Gasteiger partial charge is 0.181 e. The highest BCUT2D eigenvalue weighted by atomic mass is 16.7. The summed E-state index contributed by atoms with van der Waals surface area (Å²) >= 11 is 0. The molecular weight excluding hydrogens is 228 g/mol. The molecule has 2 saturated heterocycles. The maximum Gasteiger partial charge on any atom is 0.181 e. The molecule has 0 radical (unpaired) electrons. The van der Waals surface area contributed by atoms with Gasteiger partial charge in [-0.2, -0.15) is 5.26 Å². The lowest BCUT2D eigenvalue weighted by molar-refractivity contribution is -0.189. The molecule has 4 heteroatoms. The van der Waals surface area contributed by atoms with E-state index in [1.807, 2.05) is 13.8 Å². The van der Waals surface area contributed by atoms with Gasteiger partial charge in [0.15, 0.2) is 5.79 Å². The molecule has 0 unspecified atom stereocenters. The standard InChI is InChI=1S/C14H24N2O2/c1-13(2,11-15)5-3-7-16-8-4-6-14(12-16)17-9-10-18-14/h3-10,12H2,1-2H3. The topological polar surface area (TPSA) is 45.5 Å². The number of piperidine rings is 1. The second-order valence-electron chi connectivity index (χ2n) is 6.09. The highest BCUT2D eigenvalue weighted by Gasteiger charge is 2.40. The van der Waals surface area contributed by atoms with E-state index < -0.39 is 0 Å². The van der Waals surface area contributed by atoms with Gasteiger partial charge in [-0.25, -0.2) is 0 Å². The third-order valence-corrected chi connectivity index (χ3v) is 3.89. The lowest BCUT2D eigenvalue weighted by atomic mass is 9.89. The van der Waals surface area contributed by atoms with E-state index in [4.69, 9.17) is 14.7 Å². The molecule has 0 bridgehead atoms. The highest BCUT2D eigenvalue weighted by molar-refractivity contribution is 4.92. The molecule has 2 aliphatic heterocycles. The van der Waals surface area contributed by atoms with Crippen LogP contribution in [0.25, 0.3) is 0 Å². The lowest BCUT2D eigenvalue weighted by Crippen LogP contribution is -2.49. The first-order valence-electron chi connectivity index (χ1n) is 6.97. The maximum absolute atomic E-state index is 8.99. The van der Waals surface area contributed by atoms with E-state index in [-0.39, 0.29) is 11.2 Å². The first kappa shape index (κ1) is 13.8. The van der Waals surface area contributed by atoms with Crippen LogP contribution in [-0.2, 0) is 9.47 Å². The minimum atomic E-state index is -0.316. The van der Waals surface area contributed by atoms with Crippen molar-refractivity contribution >= 4 is 0 Å². The van der Waals surface area contributed by atoms with Gasteiger partial charge in [0.25, 0.3) is 0 Å². The molecule has 2 aliphatic rings. The summed E-state index contributed by atoms with van der Waals surface area (Å²) < 4.78 is 11.5. The number of nitriles is 1. The minimum Gasteiger partial charge on any atom is -0.346 e. The van der Waals surface area contributed by atoms with Gasteiger partial charge >= 0.3 is 0 Å². The van der Waals surface area contributed by atoms with Gasteiger partial charge in [-0.3, -0.25) is 4.90 Å². The number of likely N-dealkylation sites (tertiary alicyclic amines) is 1. The van der Waals surface area contributed by atoms with Crippen molar-refractivity contribution in [2.24, 2.45) is 5.41 Å². The van der Waals surface area contributed by atoms with E-state index in [2.05, 4.69) is 11.0 Å². The van der Waals surface area contributed by atoms with Crippen molar-refractivity contribution in [1.82, 2.24) is 4.90 Å². The van der Waals surface area contributed by atoms with Crippen molar-refractivity contribution in [2.75, 3.05) is 32.8 Å². The van der Waals surface area contributed by atoms with E-state index in [1.165, 1.54) is 0 Å². The van der Waals surface area contributed by atoms with Crippen molar-refractivity contribution in [3.8, 4) is 6.07 Å². The Balaban J connectivity index is 1.75. The maximum atomic E-state index is 8.99. The third-order valence-electron chi connectivity index (χ3n) is 3.89. The van der Waals surface area contributed by atoms with Gasteiger partial charge in [0, 0.05) is 6.42 Å². The van der Waals surface area contributed by atoms with Crippen LogP contribution >= 0.6 is 0 Å². The molecule has 1 spiro atoms. The van der Waals surface area contributed by atoms with E-state index in [1.54, 1.807) is 0 Å². The summed E-state index contributed by atoms with van der Waals surface area (Å²) in [7, 11) is 0. The molecule has 2 rings (SSSR count). The van der Waals surface area contributed by atoms with Gasteiger partial charge in [0.2, 0.25) is 0 Å². The number of hydrogen-bond donors (Lipinski definition) is 0. The molecule has 0 amide bonds. The molecule has 2 heterocycles. The van der Waals surface area contributed by atoms with Crippen LogP contribution in [0.4, 0.5) is 0 Å². The fourth-order valence-corrected chi connectivity index (χ4v) is 2.79. The first-order chi connectivity index (χ1) is 8.55. The lowest BCUT2D eigenvalue weighted by Gasteiger charge is -2.38. The van der Waals surface area contributed by atoms with E-state index >= 15 is 0 Å². The Morgan fingerprint density at radius 1 is 1.33 bits per heavy atom. The van der Waals surface area contributed by atoms with Gasteiger partial charge in [-0.15, -0.1) is 0 Å². The predicted molar refractivity (Wildman–Crippen MR) is 68.9 cm³/mol. The minimum absolute atomic E-state index is 0.201. The van der Waals surface area contributed by atoms with Crippen molar-refractivity contribution in [2.45, 2.75) is 45.3 Å². The van der Waals surface area contributed by atoms with Gasteiger partial charge in [-0.1, -0.05) is 0 Å². The summed E-state index contributed by atoms with van der Waals surface area (Å²) in [6.45, 7) is 8.54. The number of nitrogens with zero attached hydrogens (tertiary/aromatic N) is 2. The number of rotatable bonds is 4. The van der Waals surface area contributed by atoms with Gasteiger partial charge in [0.1, 0.15) is 0 Å². The average Bonchev–Trinajstić information content (AvgIpc) is 2.77. The van der Waals surface area contributed by atoms with Crippen LogP contribution in [-0.4, -0.2) is 43.5 Å². The fraction of sp³-hybridized carbons (Fsp3) is 0.929. The quantitative estimate of drug-likeness (QED) is 0.769. The van der Waals surface area contributed by atoms with Crippen molar-refractivity contribution in [1.29, 1.82) is 5.26 Å². The Bertz CT molecular complexity index is 316. The average molecular weight is 252 g/mol. The van der Waals surface area contributed by atoms with Crippen molar-refractivity contribution in [3.05, 3.63) is 0 Å². The molecule has 0 atom stereocenters. The van der Waals surface area contributed by atoms with Crippen molar-refractivity contribution < 1.29 is 9.47 Å². The summed E-state index contributed by atoms with van der Waals surface area (Å²) in [5, 5.41) is 8.99. The Labute approximate surface area is 110 Å². The Morgan fingerprint density at radius 3 is 2.72 bits per heavy atom. The summed E-state index contributed by atoms with van der Waals surface area (Å²) in [5.41, 5.74) is -0.201. The molecule has 4 nitrogen and oxygen atoms in total. The van der Waals surface area contributed by atoms with E-state index in [0.717, 1.165) is 58.5 Å². The molecular formula is C14H24N2O2. The van der Waals surface area contributed by atoms with Crippen LogP contribution in [0.5, 0.6) is 0 Å². The first-order valence-corrected chi connectivity index (χ1v) is 6.97. The normalized spacial score (nSPS) is 24.3. The van der Waals surface area contributed by atoms with Gasteiger partial charge in [0.05, 0.1) is 31.2 Å². The third kappa shape index (κ3) is 3.44. The molecule has 0 N–H and O–H groups in total. The second kappa shape index (κ2) is 5.56. The van der Waals surface area contributed by atoms with Crippen LogP contribution in [0.3, 0.4) is 0 Å². The zero-order valence-corrected chi connectivity index (χ0v) is 11.6. The predicted octanol–water partition coefficient (Wildman–Crippen LogP) is 2.16. The molecule has 0 aromatic rings. The summed E-state index contributed by atoms with van der Waals surface area (Å²) in [6, 6.07) is 2.36. The van der Waals surface area contributed by atoms with E-state index in [0.29, 0.717) is 0 Å². The zero-order chi connectivity index (χ0) is 13.1. The summed E-state index contributed by atoms with van der Waals surface area (Å²) in [5.74, 6) is -0.316. The molecule has 0 aliphatic carbocycles. The highest BCUT2D eigenvalue weighted by Crippen LogP contribution is 2.30. The van der Waals surface area contributed by atoms with Crippen LogP contribution in [0.1, 0.15) is 39.5 Å². The Kier molecular flexibility index (Phi) is 4.26. The summed E-state index contributed by atoms with van der Waals surface area (Å²) in [4.78, 5) is 2.42. The Hall–Kier alpha value is -0.630. The number of hydrogen-bond acceptors (Lipinski definition) is 4. The Morgan fingerprint density at radius 2 is 2.06 bits per heavy atom. The van der Waals surface area contributed by atoms with Gasteiger partial charge < -0.3 is 9.47 Å². The largest absolute Gasteiger partial charge is 0.346 e. The molecule has 0 aromatic carbocycles. The van der Waals surface area contributed by atoms with Crippen molar-refractivity contribution in [3.63, 3.8) is 0 Å². The monoisotopic (exact) mass is 252 g/mol. The number of ether oxygens (including phenoxy) is 2. The molecule has 0 saturated carbocycles.